The van der Waals surface area contributed by atoms with Crippen molar-refractivity contribution in [2.24, 2.45) is 0 Å². The Morgan fingerprint density at radius 1 is 1.39 bits per heavy atom. The number of benzene rings is 1. The van der Waals surface area contributed by atoms with E-state index in [1.165, 1.54) is 6.33 Å². The highest BCUT2D eigenvalue weighted by molar-refractivity contribution is 7.09. The van der Waals surface area contributed by atoms with E-state index in [2.05, 4.69) is 29.6 Å². The van der Waals surface area contributed by atoms with E-state index in [1.54, 1.807) is 13.1 Å². The second-order valence-electron chi connectivity index (χ2n) is 5.61. The molecule has 138 valence electrons. The van der Waals surface area contributed by atoms with Gasteiger partial charge in [0.05, 0.1) is 23.3 Å². The van der Waals surface area contributed by atoms with Crippen molar-refractivity contribution in [2.45, 2.75) is 6.92 Å². The van der Waals surface area contributed by atoms with Crippen molar-refractivity contribution in [3.8, 4) is 17.3 Å². The molecule has 0 spiro atoms. The summed E-state index contributed by atoms with van der Waals surface area (Å²) in [5.41, 5.74) is 3.07. The van der Waals surface area contributed by atoms with Crippen LogP contribution in [-0.2, 0) is 4.74 Å². The molecule has 3 heterocycles. The zero-order chi connectivity index (χ0) is 19.5. The van der Waals surface area contributed by atoms with Gasteiger partial charge in [0, 0.05) is 29.0 Å². The standard InChI is InChI=1S/C18H13N7O2S/c1-2-27-17(26)12-8-20-16-14(12)15(21-9-22-16)10-4-3-5-11(6-10)23-18-24-13(7-19)25-28-18/h3-6,8-9H,2H2,1H3,(H,20,21,22)(H,23,24,25). The fourth-order valence-electron chi connectivity index (χ4n) is 2.74. The first kappa shape index (κ1) is 17.6. The second-order valence-corrected chi connectivity index (χ2v) is 6.36. The Morgan fingerprint density at radius 2 is 2.29 bits per heavy atom. The van der Waals surface area contributed by atoms with Crippen LogP contribution in [0.1, 0.15) is 23.1 Å². The lowest BCUT2D eigenvalue weighted by Gasteiger charge is -2.08. The maximum Gasteiger partial charge on any atom is 0.340 e. The van der Waals surface area contributed by atoms with E-state index in [1.807, 2.05) is 30.3 Å². The quantitative estimate of drug-likeness (QED) is 0.496. The molecular weight excluding hydrogens is 378 g/mol. The molecule has 0 saturated carbocycles. The summed E-state index contributed by atoms with van der Waals surface area (Å²) in [5, 5.41) is 13.1. The molecular formula is C18H13N7O2S. The van der Waals surface area contributed by atoms with Gasteiger partial charge in [-0.2, -0.15) is 14.6 Å². The Labute approximate surface area is 163 Å². The predicted octanol–water partition coefficient (Wildman–Crippen LogP) is 3.27. The number of rotatable bonds is 5. The Morgan fingerprint density at radius 3 is 3.07 bits per heavy atom. The van der Waals surface area contributed by atoms with Gasteiger partial charge >= 0.3 is 5.97 Å². The first-order chi connectivity index (χ1) is 13.7. The third kappa shape index (κ3) is 3.26. The summed E-state index contributed by atoms with van der Waals surface area (Å²) in [4.78, 5) is 27.9. The van der Waals surface area contributed by atoms with Crippen LogP contribution in [0.25, 0.3) is 22.3 Å². The number of fused-ring (bicyclic) bond motifs is 1. The van der Waals surface area contributed by atoms with Gasteiger partial charge in [-0.15, -0.1) is 0 Å². The number of nitriles is 1. The van der Waals surface area contributed by atoms with E-state index in [0.717, 1.165) is 22.8 Å². The minimum Gasteiger partial charge on any atom is -0.462 e. The Balaban J connectivity index is 1.75. The molecule has 0 aliphatic rings. The first-order valence-electron chi connectivity index (χ1n) is 8.30. The fourth-order valence-corrected chi connectivity index (χ4v) is 3.28. The van der Waals surface area contributed by atoms with Crippen LogP contribution in [0.3, 0.4) is 0 Å². The van der Waals surface area contributed by atoms with E-state index >= 15 is 0 Å². The number of nitrogens with one attached hydrogen (secondary N) is 2. The van der Waals surface area contributed by atoms with Gasteiger partial charge < -0.3 is 15.0 Å². The maximum absolute atomic E-state index is 12.3. The molecule has 0 bridgehead atoms. The zero-order valence-corrected chi connectivity index (χ0v) is 15.4. The highest BCUT2D eigenvalue weighted by Crippen LogP contribution is 2.30. The molecule has 0 aliphatic heterocycles. The van der Waals surface area contributed by atoms with Gasteiger partial charge in [-0.25, -0.2) is 14.8 Å². The third-order valence-electron chi connectivity index (χ3n) is 3.88. The van der Waals surface area contributed by atoms with Crippen molar-refractivity contribution in [3.05, 3.63) is 48.2 Å². The van der Waals surface area contributed by atoms with E-state index in [9.17, 15) is 4.79 Å². The number of nitrogens with zero attached hydrogens (tertiary/aromatic N) is 5. The monoisotopic (exact) mass is 391 g/mol. The van der Waals surface area contributed by atoms with Crippen molar-refractivity contribution in [1.29, 1.82) is 5.26 Å². The topological polar surface area (TPSA) is 129 Å². The SMILES string of the molecule is CCOC(=O)c1c[nH]c2ncnc(-c3cccc(Nc4nc(C#N)ns4)c3)c12. The van der Waals surface area contributed by atoms with Gasteiger partial charge in [-0.3, -0.25) is 0 Å². The highest BCUT2D eigenvalue weighted by Gasteiger charge is 2.19. The van der Waals surface area contributed by atoms with Crippen LogP contribution >= 0.6 is 11.5 Å². The number of hydrogen-bond acceptors (Lipinski definition) is 9. The molecule has 0 aliphatic carbocycles. The number of aromatic nitrogens is 5. The Hall–Kier alpha value is -3.84. The molecule has 0 saturated heterocycles. The van der Waals surface area contributed by atoms with Gasteiger partial charge in [0.15, 0.2) is 0 Å². The second kappa shape index (κ2) is 7.42. The minimum absolute atomic E-state index is 0.118. The first-order valence-corrected chi connectivity index (χ1v) is 9.07. The van der Waals surface area contributed by atoms with Gasteiger partial charge in [0.1, 0.15) is 18.0 Å². The molecule has 9 nitrogen and oxygen atoms in total. The number of hydrogen-bond donors (Lipinski definition) is 2. The number of esters is 1. The molecule has 0 amide bonds. The average Bonchev–Trinajstić information content (AvgIpc) is 3.35. The number of aromatic amines is 1. The van der Waals surface area contributed by atoms with Crippen LogP contribution in [0.5, 0.6) is 0 Å². The lowest BCUT2D eigenvalue weighted by molar-refractivity contribution is 0.0528. The molecule has 10 heteroatoms. The number of carbonyl (C=O) groups excluding carboxylic acids is 1. The summed E-state index contributed by atoms with van der Waals surface area (Å²) in [6.07, 6.45) is 3.01. The lowest BCUT2D eigenvalue weighted by Crippen LogP contribution is -2.04. The van der Waals surface area contributed by atoms with E-state index in [-0.39, 0.29) is 12.4 Å². The maximum atomic E-state index is 12.3. The minimum atomic E-state index is -0.433. The normalized spacial score (nSPS) is 10.6. The van der Waals surface area contributed by atoms with Crippen molar-refractivity contribution in [3.63, 3.8) is 0 Å². The van der Waals surface area contributed by atoms with Gasteiger partial charge in [-0.05, 0) is 19.1 Å². The summed E-state index contributed by atoms with van der Waals surface area (Å²) >= 11 is 1.10. The molecule has 3 aromatic heterocycles. The molecule has 4 aromatic rings. The van der Waals surface area contributed by atoms with Crippen molar-refractivity contribution >= 4 is 39.4 Å². The van der Waals surface area contributed by atoms with Crippen LogP contribution in [0.4, 0.5) is 10.8 Å². The average molecular weight is 391 g/mol. The summed E-state index contributed by atoms with van der Waals surface area (Å²) in [7, 11) is 0. The molecule has 1 aromatic carbocycles. The zero-order valence-electron chi connectivity index (χ0n) is 14.6. The van der Waals surface area contributed by atoms with Gasteiger partial charge in [0.25, 0.3) is 0 Å². The van der Waals surface area contributed by atoms with E-state index in [0.29, 0.717) is 27.4 Å². The third-order valence-corrected chi connectivity index (χ3v) is 4.51. The number of ether oxygens (including phenoxy) is 1. The van der Waals surface area contributed by atoms with Crippen LogP contribution in [0.2, 0.25) is 0 Å². The predicted molar refractivity (Wildman–Crippen MR) is 103 cm³/mol. The van der Waals surface area contributed by atoms with Crippen LogP contribution in [0, 0.1) is 11.3 Å². The number of carbonyl (C=O) groups is 1. The van der Waals surface area contributed by atoms with E-state index in [4.69, 9.17) is 10.00 Å². The molecule has 0 unspecified atom stereocenters. The number of H-pyrrole nitrogens is 1. The fraction of sp³-hybridized carbons (Fsp3) is 0.111. The molecule has 2 N–H and O–H groups in total. The lowest BCUT2D eigenvalue weighted by atomic mass is 10.1. The number of anilines is 2. The van der Waals surface area contributed by atoms with Crippen molar-refractivity contribution in [1.82, 2.24) is 24.3 Å². The van der Waals surface area contributed by atoms with Crippen LogP contribution < -0.4 is 5.32 Å². The molecule has 0 radical (unpaired) electrons. The molecule has 4 rings (SSSR count). The van der Waals surface area contributed by atoms with E-state index < -0.39 is 5.97 Å². The molecule has 28 heavy (non-hydrogen) atoms. The largest absolute Gasteiger partial charge is 0.462 e. The summed E-state index contributed by atoms with van der Waals surface area (Å²) in [6, 6.07) is 9.37. The van der Waals surface area contributed by atoms with Gasteiger partial charge in [0.2, 0.25) is 11.0 Å². The highest BCUT2D eigenvalue weighted by atomic mass is 32.1. The van der Waals surface area contributed by atoms with Crippen molar-refractivity contribution in [2.75, 3.05) is 11.9 Å². The Kier molecular flexibility index (Phi) is 4.65. The van der Waals surface area contributed by atoms with Crippen molar-refractivity contribution < 1.29 is 9.53 Å². The molecule has 0 atom stereocenters. The summed E-state index contributed by atoms with van der Waals surface area (Å²) in [6.45, 7) is 2.03. The van der Waals surface area contributed by atoms with Crippen LogP contribution in [-0.4, -0.2) is 36.9 Å². The summed E-state index contributed by atoms with van der Waals surface area (Å²) < 4.78 is 9.06. The molecule has 0 fully saturated rings. The Bertz CT molecular complexity index is 1210. The van der Waals surface area contributed by atoms with Gasteiger partial charge in [-0.1, -0.05) is 12.1 Å². The van der Waals surface area contributed by atoms with Crippen LogP contribution in [0.15, 0.2) is 36.8 Å². The smallest absolute Gasteiger partial charge is 0.340 e. The summed E-state index contributed by atoms with van der Waals surface area (Å²) in [5.74, 6) is -0.315.